The number of benzene rings is 1. The minimum Gasteiger partial charge on any atom is -0.391 e. The van der Waals surface area contributed by atoms with E-state index in [0.29, 0.717) is 18.4 Å². The van der Waals surface area contributed by atoms with Gasteiger partial charge in [-0.05, 0) is 56.6 Å². The van der Waals surface area contributed by atoms with Gasteiger partial charge >= 0.3 is 0 Å². The van der Waals surface area contributed by atoms with Crippen LogP contribution in [0, 0.1) is 29.1 Å². The first kappa shape index (κ1) is 24.1. The molecule has 7 nitrogen and oxygen atoms in total. The normalized spacial score (nSPS) is 42.6. The van der Waals surface area contributed by atoms with E-state index < -0.39 is 58.6 Å². The van der Waals surface area contributed by atoms with Crippen molar-refractivity contribution in [1.29, 1.82) is 0 Å². The van der Waals surface area contributed by atoms with E-state index >= 15 is 0 Å². The van der Waals surface area contributed by atoms with Gasteiger partial charge in [0, 0.05) is 23.5 Å². The number of hydrogen-bond donors (Lipinski definition) is 4. The minimum absolute atomic E-state index is 0.263. The molecule has 5 rings (SSSR count). The third kappa shape index (κ3) is 2.98. The summed E-state index contributed by atoms with van der Waals surface area (Å²) < 4.78 is 0. The Kier molecular flexibility index (Phi) is 5.47. The van der Waals surface area contributed by atoms with Crippen LogP contribution in [0.5, 0.6) is 0 Å². The Morgan fingerprint density at radius 3 is 2.40 bits per heavy atom. The number of rotatable bonds is 3. The number of allylic oxidation sites excluding steroid dienone is 2. The van der Waals surface area contributed by atoms with Crippen molar-refractivity contribution >= 4 is 17.5 Å². The molecule has 0 radical (unpaired) electrons. The molecule has 7 heteroatoms. The smallest absolute Gasteiger partial charge is 0.234 e. The van der Waals surface area contributed by atoms with Gasteiger partial charge in [-0.1, -0.05) is 48.9 Å². The van der Waals surface area contributed by atoms with Crippen molar-refractivity contribution in [1.82, 2.24) is 5.32 Å². The summed E-state index contributed by atoms with van der Waals surface area (Å²) in [6, 6.07) is 9.34. The zero-order valence-corrected chi connectivity index (χ0v) is 20.5. The molecule has 4 N–H and O–H groups in total. The highest BCUT2D eigenvalue weighted by atomic mass is 16.4. The molecular weight excluding hydrogens is 446 g/mol. The first-order chi connectivity index (χ1) is 16.5. The van der Waals surface area contributed by atoms with E-state index in [1.165, 1.54) is 6.92 Å². The standard InChI is InChI=1S/C28H33NO6/c1-13-10-18-12-19-23(31)15(3)14(2)22-20(11-17-8-6-5-7-9-17)29-26(34)27(19,22)24(32)21(18)25(33)28(13,35)16(4)30/h5-9,12-13,18,20-22,24-25,32-33,35H,10-11H2,1-4H3,(H,29,34)/t13-,18-,20-,21+,22-,24+,25+,27-,28+/m0/s1. The Balaban J connectivity index is 1.68. The second-order valence-corrected chi connectivity index (χ2v) is 11.0. The van der Waals surface area contributed by atoms with Crippen LogP contribution in [0.4, 0.5) is 0 Å². The van der Waals surface area contributed by atoms with Crippen LogP contribution in [-0.2, 0) is 20.8 Å². The number of fused-ring (bicyclic) bond motifs is 1. The van der Waals surface area contributed by atoms with Crippen molar-refractivity contribution in [2.24, 2.45) is 29.1 Å². The van der Waals surface area contributed by atoms with Crippen LogP contribution in [0.2, 0.25) is 0 Å². The molecule has 0 bridgehead atoms. The van der Waals surface area contributed by atoms with Gasteiger partial charge in [0.05, 0.1) is 12.2 Å². The summed E-state index contributed by atoms with van der Waals surface area (Å²) in [7, 11) is 0. The molecule has 1 spiro atoms. The van der Waals surface area contributed by atoms with Crippen molar-refractivity contribution < 1.29 is 29.7 Å². The van der Waals surface area contributed by atoms with Crippen molar-refractivity contribution in [3.63, 3.8) is 0 Å². The van der Waals surface area contributed by atoms with Crippen LogP contribution in [0.25, 0.3) is 0 Å². The first-order valence-corrected chi connectivity index (χ1v) is 12.4. The predicted molar refractivity (Wildman–Crippen MR) is 128 cm³/mol. The molecule has 2 fully saturated rings. The topological polar surface area (TPSA) is 124 Å². The monoisotopic (exact) mass is 479 g/mol. The van der Waals surface area contributed by atoms with E-state index in [-0.39, 0.29) is 17.4 Å². The number of Topliss-reactive ketones (excluding diaryl/α,β-unsaturated/α-hetero) is 2. The van der Waals surface area contributed by atoms with Crippen LogP contribution in [0.1, 0.15) is 39.7 Å². The fraction of sp³-hybridized carbons (Fsp3) is 0.536. The first-order valence-electron chi connectivity index (χ1n) is 12.4. The number of aliphatic hydroxyl groups excluding tert-OH is 2. The molecule has 9 atom stereocenters. The van der Waals surface area contributed by atoms with E-state index in [1.807, 2.05) is 37.3 Å². The molecule has 35 heavy (non-hydrogen) atoms. The van der Waals surface area contributed by atoms with Crippen LogP contribution < -0.4 is 5.32 Å². The van der Waals surface area contributed by atoms with Gasteiger partial charge in [-0.3, -0.25) is 14.4 Å². The maximum absolute atomic E-state index is 13.8. The third-order valence-corrected chi connectivity index (χ3v) is 9.44. The minimum atomic E-state index is -2.03. The Bertz CT molecular complexity index is 1170. The Morgan fingerprint density at radius 1 is 1.11 bits per heavy atom. The highest BCUT2D eigenvalue weighted by Crippen LogP contribution is 2.61. The van der Waals surface area contributed by atoms with E-state index in [2.05, 4.69) is 5.32 Å². The summed E-state index contributed by atoms with van der Waals surface area (Å²) in [6.45, 7) is 6.51. The molecule has 0 aromatic heterocycles. The van der Waals surface area contributed by atoms with Crippen molar-refractivity contribution in [2.75, 3.05) is 0 Å². The van der Waals surface area contributed by atoms with Crippen LogP contribution >= 0.6 is 0 Å². The summed E-state index contributed by atoms with van der Waals surface area (Å²) in [5, 5.41) is 37.6. The van der Waals surface area contributed by atoms with Crippen molar-refractivity contribution in [3.8, 4) is 0 Å². The molecule has 1 aliphatic heterocycles. The Labute approximate surface area is 204 Å². The molecule has 3 aliphatic carbocycles. The molecule has 1 heterocycles. The SMILES string of the molecule is CC(=O)[C@@]1(O)[C@H](O)[C@@H]2[C@H](C=C3C(=O)C(C)=C(C)[C@H]4[C@H](Cc5ccccc5)NC(=O)[C@@]34[C@@H]2O)C[C@@H]1C. The zero-order chi connectivity index (χ0) is 25.4. The summed E-state index contributed by atoms with van der Waals surface area (Å²) in [5.41, 5.74) is -1.01. The number of aliphatic hydroxyl groups is 3. The van der Waals surface area contributed by atoms with Gasteiger partial charge in [0.2, 0.25) is 5.91 Å². The number of hydrogen-bond acceptors (Lipinski definition) is 6. The molecule has 0 unspecified atom stereocenters. The number of nitrogens with one attached hydrogen (secondary N) is 1. The quantitative estimate of drug-likeness (QED) is 0.521. The van der Waals surface area contributed by atoms with Gasteiger partial charge in [-0.2, -0.15) is 0 Å². The highest BCUT2D eigenvalue weighted by molar-refractivity contribution is 6.16. The van der Waals surface area contributed by atoms with E-state index in [4.69, 9.17) is 0 Å². The third-order valence-electron chi connectivity index (χ3n) is 9.44. The average molecular weight is 480 g/mol. The maximum Gasteiger partial charge on any atom is 0.234 e. The fourth-order valence-corrected chi connectivity index (χ4v) is 7.52. The number of amides is 1. The molecule has 1 saturated carbocycles. The van der Waals surface area contributed by atoms with Crippen LogP contribution in [-0.4, -0.2) is 56.6 Å². The molecule has 1 aromatic carbocycles. The summed E-state index contributed by atoms with van der Waals surface area (Å²) in [4.78, 5) is 39.8. The van der Waals surface area contributed by atoms with Gasteiger partial charge in [0.1, 0.15) is 5.41 Å². The zero-order valence-electron chi connectivity index (χ0n) is 20.5. The van der Waals surface area contributed by atoms with Crippen LogP contribution in [0.15, 0.2) is 53.1 Å². The predicted octanol–water partition coefficient (Wildman–Crippen LogP) is 1.50. The number of carbonyl (C=O) groups is 3. The number of carbonyl (C=O) groups excluding carboxylic acids is 3. The molecule has 1 amide bonds. The fourth-order valence-electron chi connectivity index (χ4n) is 7.52. The van der Waals surface area contributed by atoms with Gasteiger partial charge in [-0.25, -0.2) is 0 Å². The van der Waals surface area contributed by atoms with Gasteiger partial charge in [0.25, 0.3) is 0 Å². The second kappa shape index (κ2) is 7.95. The summed E-state index contributed by atoms with van der Waals surface area (Å²) in [6.07, 6.45) is -0.447. The van der Waals surface area contributed by atoms with E-state index in [1.54, 1.807) is 19.9 Å². The molecule has 4 aliphatic rings. The lowest BCUT2D eigenvalue weighted by atomic mass is 9.48. The lowest BCUT2D eigenvalue weighted by Crippen LogP contribution is -2.68. The largest absolute Gasteiger partial charge is 0.391 e. The van der Waals surface area contributed by atoms with Gasteiger partial charge in [0.15, 0.2) is 17.2 Å². The summed E-state index contributed by atoms with van der Waals surface area (Å²) in [5.74, 6) is -3.79. The highest BCUT2D eigenvalue weighted by Gasteiger charge is 2.71. The molecule has 1 saturated heterocycles. The second-order valence-electron chi connectivity index (χ2n) is 11.0. The van der Waals surface area contributed by atoms with Gasteiger partial charge in [-0.15, -0.1) is 0 Å². The summed E-state index contributed by atoms with van der Waals surface area (Å²) >= 11 is 0. The molecular formula is C28H33NO6. The maximum atomic E-state index is 13.8. The van der Waals surface area contributed by atoms with E-state index in [0.717, 1.165) is 11.1 Å². The van der Waals surface area contributed by atoms with E-state index in [9.17, 15) is 29.7 Å². The lowest BCUT2D eigenvalue weighted by Gasteiger charge is -2.56. The lowest BCUT2D eigenvalue weighted by molar-refractivity contribution is -0.203. The van der Waals surface area contributed by atoms with Crippen molar-refractivity contribution in [2.45, 2.75) is 64.4 Å². The molecule has 186 valence electrons. The molecule has 1 aromatic rings. The Hall–Kier alpha value is -2.61. The van der Waals surface area contributed by atoms with Crippen LogP contribution in [0.3, 0.4) is 0 Å². The van der Waals surface area contributed by atoms with Crippen molar-refractivity contribution in [3.05, 3.63) is 58.7 Å². The average Bonchev–Trinajstić information content (AvgIpc) is 3.10. The Morgan fingerprint density at radius 2 is 1.77 bits per heavy atom. The van der Waals surface area contributed by atoms with Gasteiger partial charge < -0.3 is 20.6 Å². The number of ketones is 2.